The summed E-state index contributed by atoms with van der Waals surface area (Å²) in [5.41, 5.74) is 0. The second-order valence-corrected chi connectivity index (χ2v) is 12.9. The molecule has 0 aliphatic carbocycles. The van der Waals surface area contributed by atoms with Gasteiger partial charge in [0.15, 0.2) is 6.10 Å². The summed E-state index contributed by atoms with van der Waals surface area (Å²) in [5.74, 6) is 1.06. The van der Waals surface area contributed by atoms with E-state index in [1.165, 1.54) is 103 Å². The fraction of sp³-hybridized carbons (Fsp3) is 0.943. The molecule has 0 saturated carbocycles. The fourth-order valence-electron chi connectivity index (χ4n) is 5.10. The van der Waals surface area contributed by atoms with Crippen molar-refractivity contribution in [3.05, 3.63) is 0 Å². The maximum atomic E-state index is 12.1. The van der Waals surface area contributed by atoms with Crippen molar-refractivity contribution in [1.82, 2.24) is 0 Å². The molecule has 238 valence electrons. The fourth-order valence-corrected chi connectivity index (χ4v) is 5.10. The molecule has 5 heteroatoms. The van der Waals surface area contributed by atoms with E-state index < -0.39 is 6.10 Å². The van der Waals surface area contributed by atoms with Gasteiger partial charge in [-0.2, -0.15) is 0 Å². The molecule has 0 bridgehead atoms. The average Bonchev–Trinajstić information content (AvgIpc) is 2.91. The maximum absolute atomic E-state index is 12.1. The molecule has 40 heavy (non-hydrogen) atoms. The minimum Gasteiger partial charge on any atom is -0.462 e. The number of esters is 2. The van der Waals surface area contributed by atoms with E-state index in [1.807, 2.05) is 0 Å². The van der Waals surface area contributed by atoms with Crippen LogP contribution in [0, 0.1) is 11.8 Å². The molecule has 0 spiro atoms. The summed E-state index contributed by atoms with van der Waals surface area (Å²) >= 11 is 0. The third-order valence-electron chi connectivity index (χ3n) is 7.76. The van der Waals surface area contributed by atoms with Crippen molar-refractivity contribution < 1.29 is 24.2 Å². The van der Waals surface area contributed by atoms with E-state index in [9.17, 15) is 14.7 Å². The number of aliphatic hydroxyl groups is 1. The molecule has 0 aliphatic heterocycles. The lowest BCUT2D eigenvalue weighted by Crippen LogP contribution is -2.28. The van der Waals surface area contributed by atoms with Crippen LogP contribution >= 0.6 is 0 Å². The number of hydrogen-bond acceptors (Lipinski definition) is 5. The van der Waals surface area contributed by atoms with Crippen molar-refractivity contribution >= 4 is 11.9 Å². The van der Waals surface area contributed by atoms with Gasteiger partial charge in [0.1, 0.15) is 6.61 Å². The Bertz CT molecular complexity index is 560. The molecule has 0 aromatic heterocycles. The third kappa shape index (κ3) is 29.9. The van der Waals surface area contributed by atoms with Gasteiger partial charge in [0.05, 0.1) is 6.61 Å². The van der Waals surface area contributed by atoms with Crippen LogP contribution in [0.1, 0.15) is 182 Å². The van der Waals surface area contributed by atoms with Crippen LogP contribution < -0.4 is 0 Å². The number of carbonyl (C=O) groups is 2. The molecule has 0 fully saturated rings. The van der Waals surface area contributed by atoms with Crippen molar-refractivity contribution in [3.8, 4) is 0 Å². The molecule has 0 amide bonds. The summed E-state index contributed by atoms with van der Waals surface area (Å²) in [5, 5.41) is 9.50. The van der Waals surface area contributed by atoms with Gasteiger partial charge in [-0.15, -0.1) is 0 Å². The van der Waals surface area contributed by atoms with Gasteiger partial charge in [0, 0.05) is 12.8 Å². The summed E-state index contributed by atoms with van der Waals surface area (Å²) in [6, 6.07) is 0. The molecule has 1 atom stereocenters. The van der Waals surface area contributed by atoms with Crippen LogP contribution in [0.25, 0.3) is 0 Å². The van der Waals surface area contributed by atoms with Gasteiger partial charge >= 0.3 is 11.9 Å². The normalized spacial score (nSPS) is 12.3. The van der Waals surface area contributed by atoms with Crippen molar-refractivity contribution in [2.75, 3.05) is 13.2 Å². The van der Waals surface area contributed by atoms with Gasteiger partial charge < -0.3 is 14.6 Å². The Labute approximate surface area is 248 Å². The van der Waals surface area contributed by atoms with Gasteiger partial charge in [-0.3, -0.25) is 9.59 Å². The Morgan fingerprint density at radius 3 is 1.18 bits per heavy atom. The Morgan fingerprint density at radius 2 is 0.825 bits per heavy atom. The number of hydrogen-bond donors (Lipinski definition) is 1. The quantitative estimate of drug-likeness (QED) is 0.0689. The molecule has 0 rings (SSSR count). The molecular formula is C35H68O5. The van der Waals surface area contributed by atoms with Crippen molar-refractivity contribution in [2.24, 2.45) is 11.8 Å². The lowest BCUT2D eigenvalue weighted by molar-refractivity contribution is -0.161. The van der Waals surface area contributed by atoms with Gasteiger partial charge in [-0.25, -0.2) is 0 Å². The first-order chi connectivity index (χ1) is 19.3. The first kappa shape index (κ1) is 38.9. The zero-order valence-electron chi connectivity index (χ0n) is 27.2. The lowest BCUT2D eigenvalue weighted by atomic mass is 10.0. The highest BCUT2D eigenvalue weighted by molar-refractivity contribution is 5.70. The smallest absolute Gasteiger partial charge is 0.306 e. The largest absolute Gasteiger partial charge is 0.462 e. The highest BCUT2D eigenvalue weighted by Crippen LogP contribution is 2.15. The molecule has 0 aromatic rings. The molecule has 0 saturated heterocycles. The van der Waals surface area contributed by atoms with Crippen LogP contribution in [0.4, 0.5) is 0 Å². The Hall–Kier alpha value is -1.10. The zero-order chi connectivity index (χ0) is 29.7. The first-order valence-electron chi connectivity index (χ1n) is 17.3. The Kier molecular flexibility index (Phi) is 28.6. The van der Waals surface area contributed by atoms with E-state index in [4.69, 9.17) is 9.47 Å². The molecule has 0 radical (unpaired) electrons. The lowest BCUT2D eigenvalue weighted by Gasteiger charge is -2.15. The molecule has 0 aromatic carbocycles. The number of rotatable bonds is 30. The summed E-state index contributed by atoms with van der Waals surface area (Å²) in [6.07, 6.45) is 27.3. The predicted octanol–water partition coefficient (Wildman–Crippen LogP) is 10.1. The van der Waals surface area contributed by atoms with Gasteiger partial charge in [0.2, 0.25) is 0 Å². The summed E-state index contributed by atoms with van der Waals surface area (Å²) in [7, 11) is 0. The van der Waals surface area contributed by atoms with Gasteiger partial charge in [0.25, 0.3) is 0 Å². The second-order valence-electron chi connectivity index (χ2n) is 12.9. The first-order valence-corrected chi connectivity index (χ1v) is 17.3. The van der Waals surface area contributed by atoms with Gasteiger partial charge in [-0.05, 0) is 24.7 Å². The van der Waals surface area contributed by atoms with Crippen LogP contribution in [0.2, 0.25) is 0 Å². The molecule has 0 unspecified atom stereocenters. The summed E-state index contributed by atoms with van der Waals surface area (Å²) < 4.78 is 10.6. The van der Waals surface area contributed by atoms with Crippen molar-refractivity contribution in [3.63, 3.8) is 0 Å². The van der Waals surface area contributed by atoms with Crippen LogP contribution in [-0.4, -0.2) is 36.4 Å². The SMILES string of the molecule is CC(C)CCCCCCCCCCCCCCC(=O)OC[C@H](CO)OC(=O)CCCCCCCCCCC(C)C. The highest BCUT2D eigenvalue weighted by atomic mass is 16.6. The summed E-state index contributed by atoms with van der Waals surface area (Å²) in [6.45, 7) is 8.79. The minimum absolute atomic E-state index is 0.0599. The standard InChI is InChI=1S/C35H68O5/c1-31(2)25-21-17-13-9-7-5-6-8-10-15-19-23-27-34(37)39-30-33(29-36)40-35(38)28-24-20-16-12-11-14-18-22-26-32(3)4/h31-33,36H,5-30H2,1-4H3/t33-/m0/s1. The average molecular weight is 569 g/mol. The number of ether oxygens (including phenoxy) is 2. The van der Waals surface area contributed by atoms with E-state index in [2.05, 4.69) is 27.7 Å². The second kappa shape index (κ2) is 29.4. The molecular weight excluding hydrogens is 500 g/mol. The molecule has 1 N–H and O–H groups in total. The van der Waals surface area contributed by atoms with Crippen LogP contribution in [-0.2, 0) is 19.1 Å². The van der Waals surface area contributed by atoms with Crippen molar-refractivity contribution in [1.29, 1.82) is 0 Å². The van der Waals surface area contributed by atoms with E-state index >= 15 is 0 Å². The molecule has 5 nitrogen and oxygen atoms in total. The molecule has 0 heterocycles. The van der Waals surface area contributed by atoms with Crippen LogP contribution in [0.5, 0.6) is 0 Å². The third-order valence-corrected chi connectivity index (χ3v) is 7.76. The van der Waals surface area contributed by atoms with E-state index in [0.717, 1.165) is 50.4 Å². The number of aliphatic hydroxyl groups excluding tert-OH is 1. The van der Waals surface area contributed by atoms with Crippen molar-refractivity contribution in [2.45, 2.75) is 188 Å². The monoisotopic (exact) mass is 569 g/mol. The number of unbranched alkanes of at least 4 members (excludes halogenated alkanes) is 18. The predicted molar refractivity (Wildman–Crippen MR) is 168 cm³/mol. The molecule has 0 aliphatic rings. The zero-order valence-corrected chi connectivity index (χ0v) is 27.2. The van der Waals surface area contributed by atoms with Crippen LogP contribution in [0.3, 0.4) is 0 Å². The Morgan fingerprint density at radius 1 is 0.500 bits per heavy atom. The Balaban J connectivity index is 3.54. The van der Waals surface area contributed by atoms with E-state index in [0.29, 0.717) is 12.8 Å². The van der Waals surface area contributed by atoms with E-state index in [1.54, 1.807) is 0 Å². The van der Waals surface area contributed by atoms with Gasteiger partial charge in [-0.1, -0.05) is 156 Å². The summed E-state index contributed by atoms with van der Waals surface area (Å²) in [4.78, 5) is 24.1. The minimum atomic E-state index is -0.762. The van der Waals surface area contributed by atoms with Crippen LogP contribution in [0.15, 0.2) is 0 Å². The maximum Gasteiger partial charge on any atom is 0.306 e. The highest BCUT2D eigenvalue weighted by Gasteiger charge is 2.16. The number of carbonyl (C=O) groups excluding carboxylic acids is 2. The van der Waals surface area contributed by atoms with E-state index in [-0.39, 0.29) is 25.2 Å². The topological polar surface area (TPSA) is 72.8 Å².